The van der Waals surface area contributed by atoms with E-state index in [0.29, 0.717) is 29.4 Å². The zero-order valence-corrected chi connectivity index (χ0v) is 18.1. The van der Waals surface area contributed by atoms with Gasteiger partial charge in [-0.25, -0.2) is 10.4 Å². The Morgan fingerprint density at radius 2 is 2.00 bits per heavy atom. The Hall–Kier alpha value is -4.12. The second-order valence-corrected chi connectivity index (χ2v) is 6.95. The molecule has 8 heteroatoms. The zero-order valence-electron chi connectivity index (χ0n) is 18.1. The zero-order chi connectivity index (χ0) is 22.8. The molecule has 32 heavy (non-hydrogen) atoms. The van der Waals surface area contributed by atoms with Crippen molar-refractivity contribution >= 4 is 12.2 Å². The van der Waals surface area contributed by atoms with Gasteiger partial charge in [-0.1, -0.05) is 50.1 Å². The van der Waals surface area contributed by atoms with Crippen LogP contribution in [0.4, 0.5) is 5.95 Å². The average Bonchev–Trinajstić information content (AvgIpc) is 2.82. The van der Waals surface area contributed by atoms with Crippen molar-refractivity contribution in [1.82, 2.24) is 9.97 Å². The van der Waals surface area contributed by atoms with E-state index < -0.39 is 5.56 Å². The highest BCUT2D eigenvalue weighted by atomic mass is 16.5. The molecule has 0 bridgehead atoms. The fourth-order valence-electron chi connectivity index (χ4n) is 3.02. The lowest BCUT2D eigenvalue weighted by Gasteiger charge is -2.11. The number of nitriles is 1. The minimum Gasteiger partial charge on any atom is -0.493 e. The minimum absolute atomic E-state index is 0.0502. The monoisotopic (exact) mass is 431 g/mol. The number of hydrazone groups is 1. The van der Waals surface area contributed by atoms with Crippen LogP contribution in [0.25, 0.3) is 11.3 Å². The third kappa shape index (κ3) is 5.73. The molecule has 0 saturated heterocycles. The maximum Gasteiger partial charge on any atom is 0.270 e. The van der Waals surface area contributed by atoms with Crippen LogP contribution in [0.2, 0.25) is 0 Å². The van der Waals surface area contributed by atoms with E-state index in [1.165, 1.54) is 0 Å². The van der Waals surface area contributed by atoms with Gasteiger partial charge >= 0.3 is 0 Å². The molecule has 0 radical (unpaired) electrons. The molecule has 0 amide bonds. The maximum atomic E-state index is 12.3. The van der Waals surface area contributed by atoms with E-state index in [4.69, 9.17) is 9.47 Å². The predicted octanol–water partition coefficient (Wildman–Crippen LogP) is 4.33. The molecule has 1 aromatic heterocycles. The lowest BCUT2D eigenvalue weighted by Crippen LogP contribution is -2.16. The third-order valence-electron chi connectivity index (χ3n) is 4.66. The molecule has 3 aromatic rings. The van der Waals surface area contributed by atoms with Crippen molar-refractivity contribution in [3.05, 3.63) is 70.0 Å². The van der Waals surface area contributed by atoms with Gasteiger partial charge in [0.2, 0.25) is 5.95 Å². The van der Waals surface area contributed by atoms with Gasteiger partial charge in [-0.3, -0.25) is 9.78 Å². The van der Waals surface area contributed by atoms with E-state index in [2.05, 4.69) is 27.4 Å². The summed E-state index contributed by atoms with van der Waals surface area (Å²) in [4.78, 5) is 19.2. The van der Waals surface area contributed by atoms with Crippen LogP contribution in [0.5, 0.6) is 11.5 Å². The molecule has 2 aromatic carbocycles. The second-order valence-electron chi connectivity index (χ2n) is 6.95. The van der Waals surface area contributed by atoms with Gasteiger partial charge in [-0.15, -0.1) is 0 Å². The Morgan fingerprint density at radius 1 is 1.19 bits per heavy atom. The fourth-order valence-corrected chi connectivity index (χ4v) is 3.02. The molecule has 0 fully saturated rings. The lowest BCUT2D eigenvalue weighted by molar-refractivity contribution is 0.286. The van der Waals surface area contributed by atoms with Crippen LogP contribution in [0.1, 0.15) is 37.3 Å². The van der Waals surface area contributed by atoms with Crippen molar-refractivity contribution in [2.24, 2.45) is 5.10 Å². The Kier molecular flexibility index (Phi) is 7.98. The van der Waals surface area contributed by atoms with Gasteiger partial charge in [0, 0.05) is 5.56 Å². The summed E-state index contributed by atoms with van der Waals surface area (Å²) >= 11 is 0. The molecular weight excluding hydrogens is 406 g/mol. The van der Waals surface area contributed by atoms with E-state index in [1.54, 1.807) is 25.5 Å². The van der Waals surface area contributed by atoms with Crippen LogP contribution in [0.15, 0.2) is 58.4 Å². The minimum atomic E-state index is -0.536. The van der Waals surface area contributed by atoms with Gasteiger partial charge in [0.05, 0.1) is 25.6 Å². The van der Waals surface area contributed by atoms with Gasteiger partial charge < -0.3 is 9.47 Å². The number of aromatic amines is 1. The summed E-state index contributed by atoms with van der Waals surface area (Å²) in [5.74, 6) is 1.43. The number of hydrogen-bond acceptors (Lipinski definition) is 7. The van der Waals surface area contributed by atoms with E-state index in [1.807, 2.05) is 42.5 Å². The van der Waals surface area contributed by atoms with Crippen molar-refractivity contribution in [2.75, 3.05) is 19.1 Å². The van der Waals surface area contributed by atoms with Crippen molar-refractivity contribution < 1.29 is 9.47 Å². The molecule has 8 nitrogen and oxygen atoms in total. The average molecular weight is 431 g/mol. The summed E-state index contributed by atoms with van der Waals surface area (Å²) in [6.45, 7) is 2.76. The van der Waals surface area contributed by atoms with Crippen LogP contribution < -0.4 is 20.5 Å². The van der Waals surface area contributed by atoms with Crippen LogP contribution in [-0.2, 0) is 0 Å². The summed E-state index contributed by atoms with van der Waals surface area (Å²) in [7, 11) is 1.60. The van der Waals surface area contributed by atoms with Gasteiger partial charge in [0.1, 0.15) is 11.6 Å². The SMILES string of the molecule is CCCCCOc1cc(C=NNc2nc(-c3ccccc3)c(C#N)c(=O)[nH]2)ccc1OC. The molecule has 0 aliphatic heterocycles. The molecule has 0 atom stereocenters. The number of nitrogens with zero attached hydrogens (tertiary/aromatic N) is 3. The van der Waals surface area contributed by atoms with Gasteiger partial charge in [-0.05, 0) is 30.2 Å². The molecule has 2 N–H and O–H groups in total. The molecule has 0 aliphatic rings. The molecule has 0 spiro atoms. The highest BCUT2D eigenvalue weighted by Gasteiger charge is 2.13. The first-order valence-corrected chi connectivity index (χ1v) is 10.4. The summed E-state index contributed by atoms with van der Waals surface area (Å²) in [6, 6.07) is 16.5. The molecule has 1 heterocycles. The highest BCUT2D eigenvalue weighted by Crippen LogP contribution is 2.28. The molecule has 0 saturated carbocycles. The smallest absolute Gasteiger partial charge is 0.270 e. The number of aromatic nitrogens is 2. The number of nitrogens with one attached hydrogen (secondary N) is 2. The predicted molar refractivity (Wildman–Crippen MR) is 124 cm³/mol. The van der Waals surface area contributed by atoms with Crippen molar-refractivity contribution in [3.63, 3.8) is 0 Å². The molecule has 0 aliphatic carbocycles. The summed E-state index contributed by atoms with van der Waals surface area (Å²) in [5, 5.41) is 13.5. The Bertz CT molecular complexity index is 1170. The number of rotatable bonds is 10. The second kappa shape index (κ2) is 11.3. The summed E-state index contributed by atoms with van der Waals surface area (Å²) in [5.41, 5.74) is 3.88. The third-order valence-corrected chi connectivity index (χ3v) is 4.66. The standard InChI is InChI=1S/C24H25N5O3/c1-3-4-8-13-32-21-14-17(11-12-20(21)31-2)16-26-29-24-27-22(18-9-6-5-7-10-18)19(15-25)23(30)28-24/h5-7,9-12,14,16H,3-4,8,13H2,1-2H3,(H2,27,28,29,30). The normalized spacial score (nSPS) is 10.7. The van der Waals surface area contributed by atoms with Gasteiger partial charge in [-0.2, -0.15) is 10.4 Å². The molecule has 3 rings (SSSR count). The number of anilines is 1. The first kappa shape index (κ1) is 22.6. The van der Waals surface area contributed by atoms with E-state index in [0.717, 1.165) is 24.8 Å². The van der Waals surface area contributed by atoms with Crippen LogP contribution in [-0.4, -0.2) is 29.9 Å². The Balaban J connectivity index is 1.78. The Labute approximate surface area is 186 Å². The maximum absolute atomic E-state index is 12.3. The number of ether oxygens (including phenoxy) is 2. The number of methoxy groups -OCH3 is 1. The first-order valence-electron chi connectivity index (χ1n) is 10.4. The van der Waals surface area contributed by atoms with Crippen molar-refractivity contribution in [2.45, 2.75) is 26.2 Å². The molecule has 164 valence electrons. The number of hydrogen-bond donors (Lipinski definition) is 2. The van der Waals surface area contributed by atoms with Crippen LogP contribution in [0.3, 0.4) is 0 Å². The molecular formula is C24H25N5O3. The van der Waals surface area contributed by atoms with Crippen molar-refractivity contribution in [1.29, 1.82) is 5.26 Å². The van der Waals surface area contributed by atoms with Gasteiger partial charge in [0.15, 0.2) is 11.5 Å². The van der Waals surface area contributed by atoms with Crippen molar-refractivity contribution in [3.8, 4) is 28.8 Å². The number of unbranched alkanes of at least 4 members (excludes halogenated alkanes) is 2. The van der Waals surface area contributed by atoms with E-state index >= 15 is 0 Å². The summed E-state index contributed by atoms with van der Waals surface area (Å²) < 4.78 is 11.2. The number of benzene rings is 2. The molecule has 0 unspecified atom stereocenters. The summed E-state index contributed by atoms with van der Waals surface area (Å²) in [6.07, 6.45) is 4.78. The van der Waals surface area contributed by atoms with Gasteiger partial charge in [0.25, 0.3) is 5.56 Å². The van der Waals surface area contributed by atoms with Crippen LogP contribution >= 0.6 is 0 Å². The van der Waals surface area contributed by atoms with E-state index in [9.17, 15) is 10.1 Å². The Morgan fingerprint density at radius 3 is 2.72 bits per heavy atom. The highest BCUT2D eigenvalue weighted by molar-refractivity contribution is 5.81. The quantitative estimate of drug-likeness (QED) is 0.281. The lowest BCUT2D eigenvalue weighted by atomic mass is 10.1. The van der Waals surface area contributed by atoms with Crippen LogP contribution in [0, 0.1) is 11.3 Å². The topological polar surface area (TPSA) is 112 Å². The fraction of sp³-hybridized carbons (Fsp3) is 0.250. The first-order chi connectivity index (χ1) is 15.7. The van der Waals surface area contributed by atoms with E-state index in [-0.39, 0.29) is 11.5 Å². The number of H-pyrrole nitrogens is 1. The largest absolute Gasteiger partial charge is 0.493 e.